The first-order valence-corrected chi connectivity index (χ1v) is 5.24. The molecule has 1 aromatic rings. The molecule has 0 heterocycles. The van der Waals surface area contributed by atoms with Crippen molar-refractivity contribution < 1.29 is 15.0 Å². The number of hydrogen-bond acceptors (Lipinski definition) is 2. The van der Waals surface area contributed by atoms with E-state index in [0.29, 0.717) is 6.42 Å². The van der Waals surface area contributed by atoms with Crippen molar-refractivity contribution in [1.29, 1.82) is 0 Å². The zero-order valence-corrected chi connectivity index (χ0v) is 9.57. The first-order valence-electron chi connectivity index (χ1n) is 4.45. The van der Waals surface area contributed by atoms with Crippen LogP contribution in [-0.4, -0.2) is 22.8 Å². The Balaban J connectivity index is 2.88. The Morgan fingerprint density at radius 2 is 2.20 bits per heavy atom. The van der Waals surface area contributed by atoms with E-state index in [4.69, 9.17) is 10.2 Å². The van der Waals surface area contributed by atoms with E-state index in [1.54, 1.807) is 18.2 Å². The minimum Gasteiger partial charge on any atom is -0.478 e. The van der Waals surface area contributed by atoms with Crippen molar-refractivity contribution in [2.24, 2.45) is 0 Å². The quantitative estimate of drug-likeness (QED) is 0.884. The van der Waals surface area contributed by atoms with E-state index in [-0.39, 0.29) is 12.2 Å². The van der Waals surface area contributed by atoms with Crippen LogP contribution in [0.3, 0.4) is 0 Å². The number of carboxylic acid groups (broad SMARTS) is 1. The van der Waals surface area contributed by atoms with Gasteiger partial charge in [0.05, 0.1) is 5.56 Å². The van der Waals surface area contributed by atoms with E-state index in [9.17, 15) is 4.79 Å². The smallest absolute Gasteiger partial charge is 0.335 e. The molecule has 0 radical (unpaired) electrons. The Labute approximate surface area is 96.2 Å². The highest BCUT2D eigenvalue weighted by Gasteiger charge is 2.04. The standard InChI is InChI=1S/C11H11BrO3/c12-10-7-9(11(14)15)5-4-8(10)3-1-2-6-13/h1,3-5,7,13H,2,6H2,(H,14,15). The van der Waals surface area contributed by atoms with E-state index in [1.807, 2.05) is 12.2 Å². The molecule has 0 atom stereocenters. The molecule has 1 aromatic carbocycles. The lowest BCUT2D eigenvalue weighted by Crippen LogP contribution is -1.95. The van der Waals surface area contributed by atoms with Gasteiger partial charge in [-0.2, -0.15) is 0 Å². The van der Waals surface area contributed by atoms with Crippen molar-refractivity contribution in [3.05, 3.63) is 39.9 Å². The summed E-state index contributed by atoms with van der Waals surface area (Å²) < 4.78 is 0.733. The molecule has 0 fully saturated rings. The van der Waals surface area contributed by atoms with Gasteiger partial charge in [-0.3, -0.25) is 0 Å². The first kappa shape index (κ1) is 11.9. The topological polar surface area (TPSA) is 57.5 Å². The summed E-state index contributed by atoms with van der Waals surface area (Å²) in [5.41, 5.74) is 1.15. The fraction of sp³-hybridized carbons (Fsp3) is 0.182. The van der Waals surface area contributed by atoms with Crippen molar-refractivity contribution in [3.63, 3.8) is 0 Å². The van der Waals surface area contributed by atoms with Gasteiger partial charge < -0.3 is 10.2 Å². The zero-order valence-electron chi connectivity index (χ0n) is 7.98. The van der Waals surface area contributed by atoms with Crippen LogP contribution in [0.25, 0.3) is 6.08 Å². The number of halogens is 1. The summed E-state index contributed by atoms with van der Waals surface area (Å²) in [5, 5.41) is 17.3. The van der Waals surface area contributed by atoms with Gasteiger partial charge in [0, 0.05) is 11.1 Å². The Hall–Kier alpha value is -1.13. The summed E-state index contributed by atoms with van der Waals surface area (Å²) in [4.78, 5) is 10.7. The molecule has 0 saturated carbocycles. The maximum atomic E-state index is 10.7. The summed E-state index contributed by atoms with van der Waals surface area (Å²) in [6.45, 7) is 0.112. The number of benzene rings is 1. The Morgan fingerprint density at radius 1 is 1.47 bits per heavy atom. The molecule has 0 aliphatic carbocycles. The summed E-state index contributed by atoms with van der Waals surface area (Å²) in [6.07, 6.45) is 4.26. The maximum Gasteiger partial charge on any atom is 0.335 e. The molecular formula is C11H11BrO3. The minimum absolute atomic E-state index is 0.112. The molecule has 0 amide bonds. The highest BCUT2D eigenvalue weighted by molar-refractivity contribution is 9.10. The van der Waals surface area contributed by atoms with Gasteiger partial charge in [0.15, 0.2) is 0 Å². The Kier molecular flexibility index (Phi) is 4.52. The average molecular weight is 271 g/mol. The van der Waals surface area contributed by atoms with Crippen LogP contribution in [0.4, 0.5) is 0 Å². The second kappa shape index (κ2) is 5.68. The van der Waals surface area contributed by atoms with Gasteiger partial charge in [-0.25, -0.2) is 4.79 Å². The average Bonchev–Trinajstić information content (AvgIpc) is 2.20. The van der Waals surface area contributed by atoms with Crippen molar-refractivity contribution >= 4 is 28.0 Å². The van der Waals surface area contributed by atoms with Gasteiger partial charge in [-0.05, 0) is 24.1 Å². The van der Waals surface area contributed by atoms with Crippen LogP contribution in [0.5, 0.6) is 0 Å². The fourth-order valence-electron chi connectivity index (χ4n) is 1.08. The molecule has 1 rings (SSSR count). The van der Waals surface area contributed by atoms with Crippen LogP contribution < -0.4 is 0 Å². The van der Waals surface area contributed by atoms with E-state index in [1.165, 1.54) is 0 Å². The highest BCUT2D eigenvalue weighted by Crippen LogP contribution is 2.20. The minimum atomic E-state index is -0.943. The number of aromatic carboxylic acids is 1. The summed E-state index contributed by atoms with van der Waals surface area (Å²) in [7, 11) is 0. The first-order chi connectivity index (χ1) is 7.15. The lowest BCUT2D eigenvalue weighted by molar-refractivity contribution is 0.0697. The largest absolute Gasteiger partial charge is 0.478 e. The van der Waals surface area contributed by atoms with Gasteiger partial charge in [-0.15, -0.1) is 0 Å². The van der Waals surface area contributed by atoms with E-state index >= 15 is 0 Å². The Bertz CT molecular complexity index is 385. The molecule has 4 heteroatoms. The van der Waals surface area contributed by atoms with Crippen LogP contribution in [0.1, 0.15) is 22.3 Å². The molecule has 80 valence electrons. The third-order valence-corrected chi connectivity index (χ3v) is 2.53. The van der Waals surface area contributed by atoms with Crippen LogP contribution >= 0.6 is 15.9 Å². The molecule has 0 unspecified atom stereocenters. The summed E-state index contributed by atoms with van der Waals surface area (Å²) in [6, 6.07) is 4.83. The van der Waals surface area contributed by atoms with E-state index < -0.39 is 5.97 Å². The Morgan fingerprint density at radius 3 is 2.73 bits per heavy atom. The van der Waals surface area contributed by atoms with Gasteiger partial charge in [0.25, 0.3) is 0 Å². The third-order valence-electron chi connectivity index (χ3n) is 1.84. The number of aliphatic hydroxyl groups is 1. The second-order valence-corrected chi connectivity index (χ2v) is 3.81. The van der Waals surface area contributed by atoms with Gasteiger partial charge in [0.2, 0.25) is 0 Å². The predicted molar refractivity (Wildman–Crippen MR) is 61.8 cm³/mol. The molecule has 3 nitrogen and oxygen atoms in total. The van der Waals surface area contributed by atoms with E-state index in [0.717, 1.165) is 10.0 Å². The number of rotatable bonds is 4. The molecule has 0 aromatic heterocycles. The fourth-order valence-corrected chi connectivity index (χ4v) is 1.59. The molecule has 15 heavy (non-hydrogen) atoms. The molecular weight excluding hydrogens is 260 g/mol. The third kappa shape index (κ3) is 3.49. The van der Waals surface area contributed by atoms with Crippen molar-refractivity contribution in [2.75, 3.05) is 6.61 Å². The zero-order chi connectivity index (χ0) is 11.3. The molecule has 0 saturated heterocycles. The molecule has 0 spiro atoms. The summed E-state index contributed by atoms with van der Waals surface area (Å²) in [5.74, 6) is -0.943. The SMILES string of the molecule is O=C(O)c1ccc(C=CCCO)c(Br)c1. The number of hydrogen-bond donors (Lipinski definition) is 2. The molecule has 0 aliphatic heterocycles. The van der Waals surface area contributed by atoms with Crippen molar-refractivity contribution in [3.8, 4) is 0 Å². The van der Waals surface area contributed by atoms with Gasteiger partial charge >= 0.3 is 5.97 Å². The van der Waals surface area contributed by atoms with Crippen LogP contribution in [-0.2, 0) is 0 Å². The monoisotopic (exact) mass is 270 g/mol. The second-order valence-electron chi connectivity index (χ2n) is 2.96. The maximum absolute atomic E-state index is 10.7. The van der Waals surface area contributed by atoms with Gasteiger partial charge in [0.1, 0.15) is 0 Å². The van der Waals surface area contributed by atoms with E-state index in [2.05, 4.69) is 15.9 Å². The van der Waals surface area contributed by atoms with Crippen molar-refractivity contribution in [2.45, 2.75) is 6.42 Å². The van der Waals surface area contributed by atoms with Crippen LogP contribution in [0.2, 0.25) is 0 Å². The predicted octanol–water partition coefficient (Wildman–Crippen LogP) is 2.54. The van der Waals surface area contributed by atoms with Crippen molar-refractivity contribution in [1.82, 2.24) is 0 Å². The van der Waals surface area contributed by atoms with Crippen LogP contribution in [0, 0.1) is 0 Å². The van der Waals surface area contributed by atoms with Crippen LogP contribution in [0.15, 0.2) is 28.7 Å². The highest BCUT2D eigenvalue weighted by atomic mass is 79.9. The number of carboxylic acids is 1. The summed E-state index contributed by atoms with van der Waals surface area (Å²) >= 11 is 3.29. The molecule has 0 bridgehead atoms. The lowest BCUT2D eigenvalue weighted by atomic mass is 10.1. The normalized spacial score (nSPS) is 10.8. The number of aliphatic hydroxyl groups excluding tert-OH is 1. The lowest BCUT2D eigenvalue weighted by Gasteiger charge is -2.00. The van der Waals surface area contributed by atoms with Gasteiger partial charge in [-0.1, -0.05) is 34.1 Å². The molecule has 0 aliphatic rings. The molecule has 2 N–H and O–H groups in total. The number of carbonyl (C=O) groups is 1.